The number of nitrogens with two attached hydrogens (primary N) is 3. The van der Waals surface area contributed by atoms with E-state index in [4.69, 9.17) is 21.9 Å². The molecule has 2 aromatic carbocycles. The zero-order valence-electron chi connectivity index (χ0n) is 20.0. The van der Waals surface area contributed by atoms with Crippen LogP contribution in [0.15, 0.2) is 60.7 Å². The van der Waals surface area contributed by atoms with Crippen LogP contribution in [0.1, 0.15) is 36.8 Å². The molecule has 2 rings (SSSR count). The molecule has 0 aliphatic rings. The molecule has 0 saturated carbocycles. The number of aliphatic carboxylic acids is 1. The summed E-state index contributed by atoms with van der Waals surface area (Å²) in [6.45, 7) is 0.116. The highest BCUT2D eigenvalue weighted by atomic mass is 16.5. The fourth-order valence-corrected chi connectivity index (χ4v) is 3.62. The third-order valence-electron chi connectivity index (χ3n) is 5.75. The number of primary amides is 1. The van der Waals surface area contributed by atoms with E-state index >= 15 is 0 Å². The number of carbonyl (C=O) groups excluding carboxylic acids is 3. The summed E-state index contributed by atoms with van der Waals surface area (Å²) in [6, 6.07) is 15.1. The highest BCUT2D eigenvalue weighted by molar-refractivity contribution is 5.89. The summed E-state index contributed by atoms with van der Waals surface area (Å²) in [5.41, 5.74) is 18.9. The predicted octanol–water partition coefficient (Wildman–Crippen LogP) is 0.858. The normalized spacial score (nSPS) is 14.2. The third kappa shape index (κ3) is 9.85. The Labute approximate surface area is 210 Å². The van der Waals surface area contributed by atoms with Gasteiger partial charge in [-0.05, 0) is 43.2 Å². The molecule has 0 heterocycles. The second-order valence-electron chi connectivity index (χ2n) is 8.66. The minimum absolute atomic E-state index is 0.116. The number of carboxylic acid groups (broad SMARTS) is 1. The van der Waals surface area contributed by atoms with Gasteiger partial charge in [-0.25, -0.2) is 0 Å². The van der Waals surface area contributed by atoms with Crippen LogP contribution in [0.25, 0.3) is 0 Å². The zero-order chi connectivity index (χ0) is 26.5. The standard InChI is InChI=1S/C26H34N4O6/c27-20(12-7-13-21(28)26(35)36-16-18-10-5-2-6-11-18)24(32)30-22(23(29)31)15-19(25(33)34)14-17-8-3-1-4-9-17/h1-6,8-11,19-22H,7,12-16,27-28H2,(H2,29,31)(H,30,32)(H,33,34)/t19?,20-,21?,22-/m0/s1. The van der Waals surface area contributed by atoms with Gasteiger partial charge in [-0.1, -0.05) is 60.7 Å². The molecule has 2 amide bonds. The van der Waals surface area contributed by atoms with E-state index in [9.17, 15) is 24.3 Å². The van der Waals surface area contributed by atoms with Crippen molar-refractivity contribution in [3.63, 3.8) is 0 Å². The number of nitrogens with one attached hydrogen (secondary N) is 1. The van der Waals surface area contributed by atoms with E-state index in [2.05, 4.69) is 5.32 Å². The molecule has 0 aromatic heterocycles. The lowest BCUT2D eigenvalue weighted by molar-refractivity contribution is -0.147. The molecule has 2 aromatic rings. The van der Waals surface area contributed by atoms with Crippen molar-refractivity contribution in [1.82, 2.24) is 5.32 Å². The van der Waals surface area contributed by atoms with Gasteiger partial charge in [0, 0.05) is 0 Å². The molecule has 0 fully saturated rings. The van der Waals surface area contributed by atoms with Crippen LogP contribution in [-0.4, -0.2) is 47.0 Å². The van der Waals surface area contributed by atoms with E-state index in [1.807, 2.05) is 36.4 Å². The number of benzene rings is 2. The van der Waals surface area contributed by atoms with Crippen LogP contribution >= 0.6 is 0 Å². The predicted molar refractivity (Wildman–Crippen MR) is 133 cm³/mol. The monoisotopic (exact) mass is 498 g/mol. The first kappa shape index (κ1) is 28.5. The first-order valence-electron chi connectivity index (χ1n) is 11.8. The molecular weight excluding hydrogens is 464 g/mol. The minimum Gasteiger partial charge on any atom is -0.481 e. The second-order valence-corrected chi connectivity index (χ2v) is 8.66. The van der Waals surface area contributed by atoms with Crippen molar-refractivity contribution in [3.05, 3.63) is 71.8 Å². The first-order chi connectivity index (χ1) is 17.2. The Morgan fingerprint density at radius 3 is 1.97 bits per heavy atom. The van der Waals surface area contributed by atoms with Gasteiger partial charge in [-0.2, -0.15) is 0 Å². The van der Waals surface area contributed by atoms with Gasteiger partial charge >= 0.3 is 11.9 Å². The molecular formula is C26H34N4O6. The van der Waals surface area contributed by atoms with Gasteiger partial charge < -0.3 is 32.4 Å². The number of amides is 2. The molecule has 0 saturated heterocycles. The van der Waals surface area contributed by atoms with Crippen LogP contribution in [0, 0.1) is 5.92 Å². The maximum Gasteiger partial charge on any atom is 0.323 e. The molecule has 4 atom stereocenters. The lowest BCUT2D eigenvalue weighted by Gasteiger charge is -2.22. The van der Waals surface area contributed by atoms with Gasteiger partial charge in [-0.3, -0.25) is 19.2 Å². The van der Waals surface area contributed by atoms with Crippen LogP contribution in [0.2, 0.25) is 0 Å². The van der Waals surface area contributed by atoms with Crippen LogP contribution < -0.4 is 22.5 Å². The van der Waals surface area contributed by atoms with Crippen molar-refractivity contribution >= 4 is 23.8 Å². The van der Waals surface area contributed by atoms with E-state index in [1.165, 1.54) is 0 Å². The maximum absolute atomic E-state index is 12.5. The Hall–Kier alpha value is -3.76. The van der Waals surface area contributed by atoms with Gasteiger partial charge in [0.1, 0.15) is 18.7 Å². The van der Waals surface area contributed by atoms with Crippen molar-refractivity contribution in [2.45, 2.75) is 56.8 Å². The molecule has 2 unspecified atom stereocenters. The average molecular weight is 499 g/mol. The van der Waals surface area contributed by atoms with E-state index in [-0.39, 0.29) is 32.3 Å². The lowest BCUT2D eigenvalue weighted by atomic mass is 9.92. The summed E-state index contributed by atoms with van der Waals surface area (Å²) < 4.78 is 5.20. The molecule has 8 N–H and O–H groups in total. The summed E-state index contributed by atoms with van der Waals surface area (Å²) in [5, 5.41) is 12.0. The summed E-state index contributed by atoms with van der Waals surface area (Å²) in [6.07, 6.45) is 0.828. The molecule has 0 bridgehead atoms. The topological polar surface area (TPSA) is 188 Å². The number of hydrogen-bond acceptors (Lipinski definition) is 7. The summed E-state index contributed by atoms with van der Waals surface area (Å²) in [7, 11) is 0. The first-order valence-corrected chi connectivity index (χ1v) is 11.8. The van der Waals surface area contributed by atoms with Crippen molar-refractivity contribution in [2.24, 2.45) is 23.1 Å². The number of ether oxygens (including phenoxy) is 1. The number of esters is 1. The summed E-state index contributed by atoms with van der Waals surface area (Å²) in [5.74, 6) is -4.07. The highest BCUT2D eigenvalue weighted by Crippen LogP contribution is 2.15. The smallest absolute Gasteiger partial charge is 0.323 e. The molecule has 194 valence electrons. The van der Waals surface area contributed by atoms with Gasteiger partial charge in [0.25, 0.3) is 0 Å². The SMILES string of the molecule is NC(=O)[C@H](CC(Cc1ccccc1)C(=O)O)NC(=O)[C@@H](N)CCCC(N)C(=O)OCc1ccccc1. The van der Waals surface area contributed by atoms with E-state index in [1.54, 1.807) is 24.3 Å². The lowest BCUT2D eigenvalue weighted by Crippen LogP contribution is -2.51. The van der Waals surface area contributed by atoms with Crippen LogP contribution in [0.4, 0.5) is 0 Å². The maximum atomic E-state index is 12.5. The van der Waals surface area contributed by atoms with Gasteiger partial charge in [0.05, 0.1) is 12.0 Å². The Morgan fingerprint density at radius 2 is 1.42 bits per heavy atom. The van der Waals surface area contributed by atoms with Crippen molar-refractivity contribution < 1.29 is 29.0 Å². The fraction of sp³-hybridized carbons (Fsp3) is 0.385. The Bertz CT molecular complexity index is 1000. The van der Waals surface area contributed by atoms with Gasteiger partial charge in [-0.15, -0.1) is 0 Å². The van der Waals surface area contributed by atoms with Crippen molar-refractivity contribution in [2.75, 3.05) is 0 Å². The largest absolute Gasteiger partial charge is 0.481 e. The number of carboxylic acids is 1. The molecule has 10 nitrogen and oxygen atoms in total. The van der Waals surface area contributed by atoms with Crippen LogP contribution in [0.5, 0.6) is 0 Å². The molecule has 0 aliphatic heterocycles. The highest BCUT2D eigenvalue weighted by Gasteiger charge is 2.29. The van der Waals surface area contributed by atoms with Crippen LogP contribution in [0.3, 0.4) is 0 Å². The number of rotatable bonds is 15. The molecule has 0 radical (unpaired) electrons. The molecule has 0 aliphatic carbocycles. The summed E-state index contributed by atoms with van der Waals surface area (Å²) in [4.78, 5) is 48.2. The molecule has 0 spiro atoms. The molecule has 36 heavy (non-hydrogen) atoms. The van der Waals surface area contributed by atoms with Gasteiger partial charge in [0.15, 0.2) is 0 Å². The Kier molecular flexibility index (Phi) is 11.5. The number of carbonyl (C=O) groups is 4. The van der Waals surface area contributed by atoms with Crippen LogP contribution in [-0.2, 0) is 36.9 Å². The average Bonchev–Trinajstić information content (AvgIpc) is 2.87. The van der Waals surface area contributed by atoms with Gasteiger partial charge in [0.2, 0.25) is 11.8 Å². The zero-order valence-corrected chi connectivity index (χ0v) is 20.0. The fourth-order valence-electron chi connectivity index (χ4n) is 3.62. The van der Waals surface area contributed by atoms with E-state index < -0.39 is 47.8 Å². The van der Waals surface area contributed by atoms with Crippen molar-refractivity contribution in [3.8, 4) is 0 Å². The van der Waals surface area contributed by atoms with E-state index in [0.29, 0.717) is 6.42 Å². The Morgan fingerprint density at radius 1 is 0.861 bits per heavy atom. The number of hydrogen-bond donors (Lipinski definition) is 5. The second kappa shape index (κ2) is 14.6. The quantitative estimate of drug-likeness (QED) is 0.223. The third-order valence-corrected chi connectivity index (χ3v) is 5.75. The molecule has 10 heteroatoms. The Balaban J connectivity index is 1.80. The van der Waals surface area contributed by atoms with Crippen molar-refractivity contribution in [1.29, 1.82) is 0 Å². The van der Waals surface area contributed by atoms with E-state index in [0.717, 1.165) is 11.1 Å². The summed E-state index contributed by atoms with van der Waals surface area (Å²) >= 11 is 0. The minimum atomic E-state index is -1.19.